The molecular weight excluding hydrogens is 294 g/mol. The lowest BCUT2D eigenvalue weighted by Crippen LogP contribution is -2.05. The van der Waals surface area contributed by atoms with E-state index in [1.165, 1.54) is 11.1 Å². The van der Waals surface area contributed by atoms with E-state index in [1.807, 2.05) is 36.4 Å². The Hall–Kier alpha value is -2.39. The molecule has 3 rings (SSSR count). The molecule has 0 fully saturated rings. The lowest BCUT2D eigenvalue weighted by molar-refractivity contribution is 0.748. The van der Waals surface area contributed by atoms with E-state index in [1.54, 1.807) is 6.21 Å². The van der Waals surface area contributed by atoms with Gasteiger partial charge in [0.05, 0.1) is 18.3 Å². The van der Waals surface area contributed by atoms with Crippen molar-refractivity contribution in [3.8, 4) is 0 Å². The minimum Gasteiger partial charge on any atom is -0.306 e. The Bertz CT molecular complexity index is 813. The van der Waals surface area contributed by atoms with E-state index in [2.05, 4.69) is 40.6 Å². The Morgan fingerprint density at radius 1 is 1.14 bits per heavy atom. The third kappa shape index (κ3) is 3.43. The van der Waals surface area contributed by atoms with Crippen LogP contribution in [-0.2, 0) is 6.54 Å². The van der Waals surface area contributed by atoms with Gasteiger partial charge >= 0.3 is 0 Å². The number of fused-ring (bicyclic) bond motifs is 1. The summed E-state index contributed by atoms with van der Waals surface area (Å²) in [6.07, 6.45) is 1.71. The fourth-order valence-electron chi connectivity index (χ4n) is 2.23. The first-order chi connectivity index (χ1) is 10.7. The van der Waals surface area contributed by atoms with Crippen LogP contribution in [0.5, 0.6) is 0 Å². The molecule has 2 aromatic carbocycles. The van der Waals surface area contributed by atoms with E-state index in [-0.39, 0.29) is 0 Å². The van der Waals surface area contributed by atoms with Gasteiger partial charge in [-0.05, 0) is 30.7 Å². The van der Waals surface area contributed by atoms with Crippen molar-refractivity contribution in [2.24, 2.45) is 5.10 Å². The first-order valence-electron chi connectivity index (χ1n) is 7.09. The minimum absolute atomic E-state index is 0.460. The molecule has 3 nitrogen and oxygen atoms in total. The average molecular weight is 310 g/mol. The molecule has 3 aromatic rings. The maximum absolute atomic E-state index is 6.21. The zero-order valence-electron chi connectivity index (χ0n) is 12.3. The highest BCUT2D eigenvalue weighted by atomic mass is 35.5. The van der Waals surface area contributed by atoms with Gasteiger partial charge in [-0.3, -0.25) is 0 Å². The summed E-state index contributed by atoms with van der Waals surface area (Å²) in [4.78, 5) is 4.40. The summed E-state index contributed by atoms with van der Waals surface area (Å²) in [6.45, 7) is 2.73. The number of benzene rings is 2. The maximum Gasteiger partial charge on any atom is 0.138 e. The van der Waals surface area contributed by atoms with Gasteiger partial charge in [0.25, 0.3) is 0 Å². The van der Waals surface area contributed by atoms with Gasteiger partial charge in [-0.2, -0.15) is 5.10 Å². The van der Waals surface area contributed by atoms with E-state index in [0.29, 0.717) is 11.7 Å². The van der Waals surface area contributed by atoms with Gasteiger partial charge < -0.3 is 5.43 Å². The van der Waals surface area contributed by atoms with Gasteiger partial charge in [0, 0.05) is 10.9 Å². The predicted molar refractivity (Wildman–Crippen MR) is 92.4 cm³/mol. The highest BCUT2D eigenvalue weighted by Crippen LogP contribution is 2.20. The molecular formula is C18H16ClN3. The highest BCUT2D eigenvalue weighted by molar-refractivity contribution is 6.32. The SMILES string of the molecule is Cc1ccc2nc(Cl)c(/C=N\NCc3ccccc3)cc2c1. The monoisotopic (exact) mass is 309 g/mol. The number of hydrogen-bond acceptors (Lipinski definition) is 3. The van der Waals surface area contributed by atoms with Crippen LogP contribution in [0.1, 0.15) is 16.7 Å². The van der Waals surface area contributed by atoms with Gasteiger partial charge in [-0.1, -0.05) is 53.6 Å². The van der Waals surface area contributed by atoms with E-state index >= 15 is 0 Å². The lowest BCUT2D eigenvalue weighted by atomic mass is 10.1. The van der Waals surface area contributed by atoms with Crippen LogP contribution in [-0.4, -0.2) is 11.2 Å². The van der Waals surface area contributed by atoms with Crippen molar-refractivity contribution in [2.75, 3.05) is 0 Å². The number of pyridine rings is 1. The predicted octanol–water partition coefficient (Wildman–Crippen LogP) is 4.32. The zero-order valence-corrected chi connectivity index (χ0v) is 13.0. The van der Waals surface area contributed by atoms with Gasteiger partial charge in [0.1, 0.15) is 5.15 Å². The van der Waals surface area contributed by atoms with Gasteiger partial charge in [-0.15, -0.1) is 0 Å². The molecule has 0 saturated carbocycles. The third-order valence-electron chi connectivity index (χ3n) is 3.37. The molecule has 0 radical (unpaired) electrons. The van der Waals surface area contributed by atoms with Crippen LogP contribution in [0, 0.1) is 6.92 Å². The number of rotatable bonds is 4. The van der Waals surface area contributed by atoms with Crippen molar-refractivity contribution in [3.63, 3.8) is 0 Å². The number of nitrogens with one attached hydrogen (secondary N) is 1. The molecule has 110 valence electrons. The molecule has 4 heteroatoms. The standard InChI is InChI=1S/C18H16ClN3/c1-13-7-8-17-15(9-13)10-16(18(19)22-17)12-21-20-11-14-5-3-2-4-6-14/h2-10,12,20H,11H2,1H3/b21-12-. The largest absolute Gasteiger partial charge is 0.306 e. The zero-order chi connectivity index (χ0) is 15.4. The Balaban J connectivity index is 1.75. The van der Waals surface area contributed by atoms with Crippen LogP contribution in [0.15, 0.2) is 59.7 Å². The van der Waals surface area contributed by atoms with Crippen LogP contribution in [0.4, 0.5) is 0 Å². The molecule has 0 aliphatic rings. The molecule has 1 aromatic heterocycles. The summed E-state index contributed by atoms with van der Waals surface area (Å²) < 4.78 is 0. The smallest absolute Gasteiger partial charge is 0.138 e. The fraction of sp³-hybridized carbons (Fsp3) is 0.111. The summed E-state index contributed by atoms with van der Waals surface area (Å²) in [7, 11) is 0. The Labute approximate surface area is 134 Å². The fourth-order valence-corrected chi connectivity index (χ4v) is 2.42. The normalized spacial score (nSPS) is 11.2. The molecule has 0 saturated heterocycles. The number of hydrogen-bond donors (Lipinski definition) is 1. The van der Waals surface area contributed by atoms with E-state index in [0.717, 1.165) is 16.5 Å². The van der Waals surface area contributed by atoms with E-state index in [9.17, 15) is 0 Å². The van der Waals surface area contributed by atoms with Crippen LogP contribution in [0.3, 0.4) is 0 Å². The molecule has 22 heavy (non-hydrogen) atoms. The Morgan fingerprint density at radius 2 is 1.95 bits per heavy atom. The van der Waals surface area contributed by atoms with Gasteiger partial charge in [0.15, 0.2) is 0 Å². The van der Waals surface area contributed by atoms with Crippen LogP contribution in [0.25, 0.3) is 10.9 Å². The first kappa shape index (κ1) is 14.5. The molecule has 0 aliphatic heterocycles. The number of aryl methyl sites for hydroxylation is 1. The highest BCUT2D eigenvalue weighted by Gasteiger charge is 2.03. The first-order valence-corrected chi connectivity index (χ1v) is 7.47. The molecule has 0 bridgehead atoms. The van der Waals surface area contributed by atoms with E-state index in [4.69, 9.17) is 11.6 Å². The summed E-state index contributed by atoms with van der Waals surface area (Å²) in [5.41, 5.74) is 7.09. The number of aromatic nitrogens is 1. The second-order valence-corrected chi connectivity index (χ2v) is 5.50. The third-order valence-corrected chi connectivity index (χ3v) is 3.67. The molecule has 0 amide bonds. The van der Waals surface area contributed by atoms with Crippen molar-refractivity contribution in [2.45, 2.75) is 13.5 Å². The number of nitrogens with zero attached hydrogens (tertiary/aromatic N) is 2. The van der Waals surface area contributed by atoms with Crippen molar-refractivity contribution in [1.29, 1.82) is 0 Å². The number of hydrazone groups is 1. The summed E-state index contributed by atoms with van der Waals surface area (Å²) in [5.74, 6) is 0. The Kier molecular flexibility index (Phi) is 4.35. The second kappa shape index (κ2) is 6.58. The minimum atomic E-state index is 0.460. The maximum atomic E-state index is 6.21. The summed E-state index contributed by atoms with van der Waals surface area (Å²) >= 11 is 6.21. The molecule has 0 unspecified atom stereocenters. The van der Waals surface area contributed by atoms with Crippen LogP contribution >= 0.6 is 11.6 Å². The average Bonchev–Trinajstić information content (AvgIpc) is 2.53. The van der Waals surface area contributed by atoms with Crippen molar-refractivity contribution in [1.82, 2.24) is 10.4 Å². The lowest BCUT2D eigenvalue weighted by Gasteiger charge is -2.04. The van der Waals surface area contributed by atoms with Crippen LogP contribution in [0.2, 0.25) is 5.15 Å². The quantitative estimate of drug-likeness (QED) is 0.443. The molecule has 0 spiro atoms. The summed E-state index contributed by atoms with van der Waals surface area (Å²) in [6, 6.07) is 18.2. The topological polar surface area (TPSA) is 37.3 Å². The summed E-state index contributed by atoms with van der Waals surface area (Å²) in [5, 5.41) is 5.75. The molecule has 0 aliphatic carbocycles. The molecule has 0 atom stereocenters. The van der Waals surface area contributed by atoms with Crippen molar-refractivity contribution < 1.29 is 0 Å². The molecule has 1 heterocycles. The Morgan fingerprint density at radius 3 is 2.77 bits per heavy atom. The van der Waals surface area contributed by atoms with E-state index < -0.39 is 0 Å². The van der Waals surface area contributed by atoms with Crippen molar-refractivity contribution in [3.05, 3.63) is 76.4 Å². The van der Waals surface area contributed by atoms with Gasteiger partial charge in [0.2, 0.25) is 0 Å². The second-order valence-electron chi connectivity index (χ2n) is 5.14. The van der Waals surface area contributed by atoms with Crippen LogP contribution < -0.4 is 5.43 Å². The van der Waals surface area contributed by atoms with Crippen molar-refractivity contribution >= 4 is 28.7 Å². The molecule has 1 N–H and O–H groups in total. The van der Waals surface area contributed by atoms with Gasteiger partial charge in [-0.25, -0.2) is 4.98 Å². The number of halogens is 1.